The van der Waals surface area contributed by atoms with Gasteiger partial charge in [-0.3, -0.25) is 9.78 Å². The van der Waals surface area contributed by atoms with E-state index >= 15 is 0 Å². The summed E-state index contributed by atoms with van der Waals surface area (Å²) in [5.74, 6) is 0.0464. The van der Waals surface area contributed by atoms with Gasteiger partial charge in [-0.1, -0.05) is 31.4 Å². The molecule has 1 saturated carbocycles. The topological polar surface area (TPSA) is 61.0 Å². The van der Waals surface area contributed by atoms with E-state index in [1.54, 1.807) is 12.4 Å². The average Bonchev–Trinajstić information content (AvgIpc) is 3.10. The van der Waals surface area contributed by atoms with Crippen LogP contribution in [0.2, 0.25) is 0 Å². The summed E-state index contributed by atoms with van der Waals surface area (Å²) >= 11 is 0. The molecule has 0 spiro atoms. The van der Waals surface area contributed by atoms with E-state index in [2.05, 4.69) is 40.4 Å². The van der Waals surface area contributed by atoms with Gasteiger partial charge in [0.05, 0.1) is 0 Å². The van der Waals surface area contributed by atoms with Crippen LogP contribution in [-0.2, 0) is 4.79 Å². The van der Waals surface area contributed by atoms with E-state index in [4.69, 9.17) is 0 Å². The molecule has 5 heteroatoms. The molecule has 1 amide bonds. The summed E-state index contributed by atoms with van der Waals surface area (Å²) in [5.41, 5.74) is 4.21. The SMILES string of the molecule is Cc1c[nH]c2cc(N(C)C(C(=O)NC3CCCCC3)c3cccnc3)ccc12. The Morgan fingerprint density at radius 1 is 1.25 bits per heavy atom. The minimum Gasteiger partial charge on any atom is -0.361 e. The maximum atomic E-state index is 13.3. The van der Waals surface area contributed by atoms with E-state index in [1.165, 1.54) is 30.2 Å². The average molecular weight is 377 g/mol. The van der Waals surface area contributed by atoms with Crippen LogP contribution in [0.1, 0.15) is 49.3 Å². The molecule has 1 atom stereocenters. The van der Waals surface area contributed by atoms with Gasteiger partial charge in [0.15, 0.2) is 0 Å². The molecule has 2 aromatic heterocycles. The number of H-pyrrole nitrogens is 1. The summed E-state index contributed by atoms with van der Waals surface area (Å²) < 4.78 is 0. The molecule has 1 aromatic carbocycles. The van der Waals surface area contributed by atoms with E-state index < -0.39 is 6.04 Å². The molecule has 5 nitrogen and oxygen atoms in total. The van der Waals surface area contributed by atoms with Crippen LogP contribution in [-0.4, -0.2) is 29.0 Å². The van der Waals surface area contributed by atoms with Crippen molar-refractivity contribution in [1.82, 2.24) is 15.3 Å². The molecular formula is C23H28N4O. The number of hydrogen-bond donors (Lipinski definition) is 2. The summed E-state index contributed by atoms with van der Waals surface area (Å²) in [6.07, 6.45) is 11.4. The lowest BCUT2D eigenvalue weighted by molar-refractivity contribution is -0.123. The molecule has 146 valence electrons. The molecule has 0 saturated heterocycles. The quantitative estimate of drug-likeness (QED) is 0.689. The van der Waals surface area contributed by atoms with Gasteiger partial charge in [-0.05, 0) is 43.5 Å². The van der Waals surface area contributed by atoms with Gasteiger partial charge < -0.3 is 15.2 Å². The Hall–Kier alpha value is -2.82. The number of amides is 1. The second-order valence-electron chi connectivity index (χ2n) is 7.84. The number of carbonyl (C=O) groups is 1. The zero-order chi connectivity index (χ0) is 19.5. The van der Waals surface area contributed by atoms with E-state index in [0.717, 1.165) is 29.6 Å². The van der Waals surface area contributed by atoms with Gasteiger partial charge >= 0.3 is 0 Å². The van der Waals surface area contributed by atoms with Crippen molar-refractivity contribution in [2.24, 2.45) is 0 Å². The summed E-state index contributed by atoms with van der Waals surface area (Å²) in [7, 11) is 1.98. The smallest absolute Gasteiger partial charge is 0.247 e. The Balaban J connectivity index is 1.64. The molecule has 1 unspecified atom stereocenters. The molecule has 2 N–H and O–H groups in total. The normalized spacial score (nSPS) is 16.1. The third-order valence-corrected chi connectivity index (χ3v) is 5.87. The van der Waals surface area contributed by atoms with Crippen molar-refractivity contribution in [3.63, 3.8) is 0 Å². The Labute approximate surface area is 166 Å². The highest BCUT2D eigenvalue weighted by Gasteiger charge is 2.28. The van der Waals surface area contributed by atoms with Crippen LogP contribution < -0.4 is 10.2 Å². The summed E-state index contributed by atoms with van der Waals surface area (Å²) in [6.45, 7) is 2.10. The fourth-order valence-corrected chi connectivity index (χ4v) is 4.24. The molecule has 4 rings (SSSR count). The van der Waals surface area contributed by atoms with Crippen LogP contribution in [0.4, 0.5) is 5.69 Å². The highest BCUT2D eigenvalue weighted by molar-refractivity contribution is 5.89. The Morgan fingerprint density at radius 2 is 2.07 bits per heavy atom. The van der Waals surface area contributed by atoms with Crippen LogP contribution >= 0.6 is 0 Å². The molecule has 0 bridgehead atoms. The minimum absolute atomic E-state index is 0.0464. The van der Waals surface area contributed by atoms with E-state index in [9.17, 15) is 4.79 Å². The van der Waals surface area contributed by atoms with Gasteiger partial charge in [0.25, 0.3) is 0 Å². The van der Waals surface area contributed by atoms with Crippen LogP contribution in [0, 0.1) is 6.92 Å². The second kappa shape index (κ2) is 8.05. The lowest BCUT2D eigenvalue weighted by Gasteiger charge is -2.32. The molecule has 0 radical (unpaired) electrons. The van der Waals surface area contributed by atoms with E-state index in [1.807, 2.05) is 30.3 Å². The fourth-order valence-electron chi connectivity index (χ4n) is 4.24. The number of benzene rings is 1. The lowest BCUT2D eigenvalue weighted by atomic mass is 9.95. The molecule has 0 aliphatic heterocycles. The van der Waals surface area contributed by atoms with Crippen LogP contribution in [0.25, 0.3) is 10.9 Å². The molecule has 28 heavy (non-hydrogen) atoms. The van der Waals surface area contributed by atoms with Gasteiger partial charge in [0, 0.05) is 53.8 Å². The highest BCUT2D eigenvalue weighted by atomic mass is 16.2. The Kier molecular flexibility index (Phi) is 5.33. The first kappa shape index (κ1) is 18.5. The van der Waals surface area contributed by atoms with Gasteiger partial charge in [-0.15, -0.1) is 0 Å². The van der Waals surface area contributed by atoms with Crippen molar-refractivity contribution in [2.75, 3.05) is 11.9 Å². The lowest BCUT2D eigenvalue weighted by Crippen LogP contribution is -2.44. The first-order valence-electron chi connectivity index (χ1n) is 10.1. The third-order valence-electron chi connectivity index (χ3n) is 5.87. The minimum atomic E-state index is -0.413. The Morgan fingerprint density at radius 3 is 2.82 bits per heavy atom. The number of rotatable bonds is 5. The van der Waals surface area contributed by atoms with E-state index in [0.29, 0.717) is 0 Å². The van der Waals surface area contributed by atoms with Crippen molar-refractivity contribution in [3.8, 4) is 0 Å². The van der Waals surface area contributed by atoms with E-state index in [-0.39, 0.29) is 11.9 Å². The third kappa shape index (κ3) is 3.75. The van der Waals surface area contributed by atoms with Crippen molar-refractivity contribution < 1.29 is 4.79 Å². The standard InChI is InChI=1S/C23H28N4O/c1-16-14-25-21-13-19(10-11-20(16)21)27(2)22(17-7-6-12-24-15-17)23(28)26-18-8-4-3-5-9-18/h6-7,10-15,18,22,25H,3-5,8-9H2,1-2H3,(H,26,28). The molecular weight excluding hydrogens is 348 g/mol. The highest BCUT2D eigenvalue weighted by Crippen LogP contribution is 2.30. The number of fused-ring (bicyclic) bond motifs is 1. The van der Waals surface area contributed by atoms with Crippen molar-refractivity contribution in [3.05, 3.63) is 60.0 Å². The number of hydrogen-bond acceptors (Lipinski definition) is 3. The first-order valence-corrected chi connectivity index (χ1v) is 10.1. The Bertz CT molecular complexity index is 944. The largest absolute Gasteiger partial charge is 0.361 e. The number of nitrogens with zero attached hydrogens (tertiary/aromatic N) is 2. The second-order valence-corrected chi connectivity index (χ2v) is 7.84. The van der Waals surface area contributed by atoms with Crippen molar-refractivity contribution >= 4 is 22.5 Å². The predicted molar refractivity (Wildman–Crippen MR) is 113 cm³/mol. The summed E-state index contributed by atoms with van der Waals surface area (Å²) in [4.78, 5) is 22.9. The number of carbonyl (C=O) groups excluding carboxylic acids is 1. The van der Waals surface area contributed by atoms with Crippen LogP contribution in [0.5, 0.6) is 0 Å². The number of aromatic amines is 1. The fraction of sp³-hybridized carbons (Fsp3) is 0.391. The van der Waals surface area contributed by atoms with Crippen LogP contribution in [0.15, 0.2) is 48.9 Å². The van der Waals surface area contributed by atoms with Gasteiger partial charge in [0.1, 0.15) is 6.04 Å². The van der Waals surface area contributed by atoms with Gasteiger partial charge in [0.2, 0.25) is 5.91 Å². The maximum Gasteiger partial charge on any atom is 0.247 e. The zero-order valence-corrected chi connectivity index (χ0v) is 16.6. The molecule has 1 aliphatic rings. The van der Waals surface area contributed by atoms with Crippen molar-refractivity contribution in [1.29, 1.82) is 0 Å². The first-order chi connectivity index (χ1) is 13.6. The molecule has 1 aliphatic carbocycles. The molecule has 1 fully saturated rings. The number of aryl methyl sites for hydroxylation is 1. The summed E-state index contributed by atoms with van der Waals surface area (Å²) in [6, 6.07) is 10.0. The van der Waals surface area contributed by atoms with Gasteiger partial charge in [-0.25, -0.2) is 0 Å². The number of likely N-dealkylation sites (N-methyl/N-ethyl adjacent to an activating group) is 1. The molecule has 2 heterocycles. The van der Waals surface area contributed by atoms with Crippen molar-refractivity contribution in [2.45, 2.75) is 51.1 Å². The van der Waals surface area contributed by atoms with Crippen LogP contribution in [0.3, 0.4) is 0 Å². The predicted octanol–water partition coefficient (Wildman–Crippen LogP) is 4.50. The number of pyridine rings is 1. The number of nitrogens with one attached hydrogen (secondary N) is 2. The molecule has 3 aromatic rings. The number of aromatic nitrogens is 2. The number of anilines is 1. The zero-order valence-electron chi connectivity index (χ0n) is 16.6. The maximum absolute atomic E-state index is 13.3. The summed E-state index contributed by atoms with van der Waals surface area (Å²) in [5, 5.41) is 4.50. The monoisotopic (exact) mass is 376 g/mol. The van der Waals surface area contributed by atoms with Gasteiger partial charge in [-0.2, -0.15) is 0 Å².